The van der Waals surface area contributed by atoms with Gasteiger partial charge in [0, 0.05) is 0 Å². The summed E-state index contributed by atoms with van der Waals surface area (Å²) in [5.74, 6) is -1.01. The van der Waals surface area contributed by atoms with Crippen LogP contribution in [-0.2, 0) is 11.2 Å². The quantitative estimate of drug-likeness (QED) is 0.779. The van der Waals surface area contributed by atoms with E-state index in [0.717, 1.165) is 6.42 Å². The van der Waals surface area contributed by atoms with E-state index in [-0.39, 0.29) is 28.1 Å². The van der Waals surface area contributed by atoms with E-state index in [2.05, 4.69) is 31.9 Å². The van der Waals surface area contributed by atoms with Crippen LogP contribution in [0.1, 0.15) is 36.2 Å². The number of phenols is 2. The zero-order chi connectivity index (χ0) is 13.9. The van der Waals surface area contributed by atoms with Crippen LogP contribution in [0.25, 0.3) is 0 Å². The highest BCUT2D eigenvalue weighted by Gasteiger charge is 2.25. The van der Waals surface area contributed by atoms with E-state index < -0.39 is 5.97 Å². The molecule has 0 atom stereocenters. The summed E-state index contributed by atoms with van der Waals surface area (Å²) in [6.07, 6.45) is 1.31. The molecule has 0 bridgehead atoms. The van der Waals surface area contributed by atoms with Gasteiger partial charge in [0.05, 0.1) is 11.1 Å². The van der Waals surface area contributed by atoms with Gasteiger partial charge in [-0.25, -0.2) is 4.79 Å². The molecule has 0 radical (unpaired) electrons. The van der Waals surface area contributed by atoms with Crippen molar-refractivity contribution in [1.29, 1.82) is 0 Å². The average molecular weight is 382 g/mol. The SMILES string of the molecule is CCCc1c(Br)c(O)c(Br)c(O)c1C(=O)OCC. The fraction of sp³-hybridized carbons (Fsp3) is 0.417. The average Bonchev–Trinajstić information content (AvgIpc) is 2.34. The van der Waals surface area contributed by atoms with Gasteiger partial charge >= 0.3 is 5.97 Å². The van der Waals surface area contributed by atoms with E-state index in [1.54, 1.807) is 6.92 Å². The summed E-state index contributed by atoms with van der Waals surface area (Å²) in [4.78, 5) is 11.9. The normalized spacial score (nSPS) is 10.4. The fourth-order valence-electron chi connectivity index (χ4n) is 1.62. The number of aromatic hydroxyl groups is 2. The lowest BCUT2D eigenvalue weighted by Gasteiger charge is -2.15. The van der Waals surface area contributed by atoms with Crippen molar-refractivity contribution >= 4 is 37.8 Å². The number of hydrogen-bond acceptors (Lipinski definition) is 4. The smallest absolute Gasteiger partial charge is 0.342 e. The minimum absolute atomic E-state index is 0.0808. The van der Waals surface area contributed by atoms with Gasteiger partial charge in [0.25, 0.3) is 0 Å². The minimum atomic E-state index is -0.597. The Bertz CT molecular complexity index is 472. The van der Waals surface area contributed by atoms with Crippen molar-refractivity contribution in [3.05, 3.63) is 20.1 Å². The van der Waals surface area contributed by atoms with Gasteiger partial charge in [0.2, 0.25) is 0 Å². The number of hydrogen-bond donors (Lipinski definition) is 2. The summed E-state index contributed by atoms with van der Waals surface area (Å²) in [5.41, 5.74) is 0.643. The van der Waals surface area contributed by atoms with Crippen LogP contribution in [0.5, 0.6) is 11.5 Å². The first-order valence-electron chi connectivity index (χ1n) is 5.54. The molecule has 100 valence electrons. The zero-order valence-electron chi connectivity index (χ0n) is 10.1. The number of esters is 1. The highest BCUT2D eigenvalue weighted by molar-refractivity contribution is 9.11. The van der Waals surface area contributed by atoms with Crippen LogP contribution in [0.15, 0.2) is 8.95 Å². The number of carbonyl (C=O) groups is 1. The third-order valence-corrected chi connectivity index (χ3v) is 4.01. The molecular formula is C12H14Br2O4. The largest absolute Gasteiger partial charge is 0.506 e. The van der Waals surface area contributed by atoms with Crippen molar-refractivity contribution in [2.45, 2.75) is 26.7 Å². The van der Waals surface area contributed by atoms with E-state index >= 15 is 0 Å². The van der Waals surface area contributed by atoms with Crippen LogP contribution in [0.4, 0.5) is 0 Å². The molecule has 0 aliphatic rings. The molecule has 2 N–H and O–H groups in total. The van der Waals surface area contributed by atoms with Gasteiger partial charge in [-0.15, -0.1) is 0 Å². The second kappa shape index (κ2) is 6.43. The molecule has 0 amide bonds. The van der Waals surface area contributed by atoms with E-state index in [0.29, 0.717) is 16.5 Å². The van der Waals surface area contributed by atoms with Crippen molar-refractivity contribution in [2.75, 3.05) is 6.61 Å². The molecule has 1 aromatic carbocycles. The predicted octanol–water partition coefficient (Wildman–Crippen LogP) is 3.75. The second-order valence-electron chi connectivity index (χ2n) is 3.65. The summed E-state index contributed by atoms with van der Waals surface area (Å²) in [6.45, 7) is 3.86. The van der Waals surface area contributed by atoms with Crippen molar-refractivity contribution < 1.29 is 19.7 Å². The monoisotopic (exact) mass is 380 g/mol. The highest BCUT2D eigenvalue weighted by Crippen LogP contribution is 2.45. The molecule has 4 nitrogen and oxygen atoms in total. The summed E-state index contributed by atoms with van der Waals surface area (Å²) < 4.78 is 5.40. The number of carbonyl (C=O) groups excluding carboxylic acids is 1. The standard InChI is InChI=1S/C12H14Br2O4/c1-3-5-6-7(12(17)18-4-2)10(15)9(14)11(16)8(6)13/h15-16H,3-5H2,1-2H3. The molecule has 0 saturated heterocycles. The van der Waals surface area contributed by atoms with Gasteiger partial charge in [0.1, 0.15) is 21.5 Å². The van der Waals surface area contributed by atoms with E-state index in [4.69, 9.17) is 4.74 Å². The lowest BCUT2D eigenvalue weighted by molar-refractivity contribution is 0.0521. The van der Waals surface area contributed by atoms with Crippen LogP contribution >= 0.6 is 31.9 Å². The third kappa shape index (κ3) is 2.80. The van der Waals surface area contributed by atoms with Crippen LogP contribution in [-0.4, -0.2) is 22.8 Å². The van der Waals surface area contributed by atoms with E-state index in [1.165, 1.54) is 0 Å². The van der Waals surface area contributed by atoms with Crippen molar-refractivity contribution in [2.24, 2.45) is 0 Å². The summed E-state index contributed by atoms with van der Waals surface area (Å²) >= 11 is 6.29. The molecule has 1 rings (SSSR count). The summed E-state index contributed by atoms with van der Waals surface area (Å²) in [5, 5.41) is 19.8. The van der Waals surface area contributed by atoms with Crippen LogP contribution in [0.2, 0.25) is 0 Å². The number of ether oxygens (including phenoxy) is 1. The Hall–Kier alpha value is -0.750. The molecule has 0 unspecified atom stereocenters. The Morgan fingerprint density at radius 1 is 1.17 bits per heavy atom. The topological polar surface area (TPSA) is 66.8 Å². The number of benzene rings is 1. The van der Waals surface area contributed by atoms with Gasteiger partial charge < -0.3 is 14.9 Å². The summed E-state index contributed by atoms with van der Waals surface area (Å²) in [6, 6.07) is 0. The molecule has 18 heavy (non-hydrogen) atoms. The maximum atomic E-state index is 11.9. The van der Waals surface area contributed by atoms with Crippen LogP contribution in [0, 0.1) is 0 Å². The van der Waals surface area contributed by atoms with Crippen LogP contribution < -0.4 is 0 Å². The van der Waals surface area contributed by atoms with Gasteiger partial charge in [0.15, 0.2) is 0 Å². The first kappa shape index (κ1) is 15.3. The molecule has 0 saturated carbocycles. The van der Waals surface area contributed by atoms with Gasteiger partial charge in [-0.1, -0.05) is 13.3 Å². The molecule has 0 aromatic heterocycles. The lowest BCUT2D eigenvalue weighted by Crippen LogP contribution is -2.10. The van der Waals surface area contributed by atoms with E-state index in [1.807, 2.05) is 6.92 Å². The molecule has 1 aromatic rings. The number of rotatable bonds is 4. The molecule has 0 heterocycles. The Balaban J connectivity index is 3.50. The van der Waals surface area contributed by atoms with Crippen LogP contribution in [0.3, 0.4) is 0 Å². The van der Waals surface area contributed by atoms with Crippen molar-refractivity contribution in [1.82, 2.24) is 0 Å². The summed E-state index contributed by atoms with van der Waals surface area (Å²) in [7, 11) is 0. The molecule has 0 spiro atoms. The van der Waals surface area contributed by atoms with Gasteiger partial charge in [-0.05, 0) is 50.8 Å². The highest BCUT2D eigenvalue weighted by atomic mass is 79.9. The molecular weight excluding hydrogens is 368 g/mol. The minimum Gasteiger partial charge on any atom is -0.506 e. The second-order valence-corrected chi connectivity index (χ2v) is 5.24. The number of phenolic OH excluding ortho intramolecular Hbond substituents is 2. The maximum Gasteiger partial charge on any atom is 0.342 e. The zero-order valence-corrected chi connectivity index (χ0v) is 13.3. The Morgan fingerprint density at radius 3 is 2.28 bits per heavy atom. The first-order valence-corrected chi connectivity index (χ1v) is 7.13. The number of halogens is 2. The van der Waals surface area contributed by atoms with Crippen molar-refractivity contribution in [3.63, 3.8) is 0 Å². The Labute approximate surface area is 122 Å². The molecule has 0 aliphatic heterocycles. The fourth-order valence-corrected chi connectivity index (χ4v) is 2.88. The molecule has 0 aliphatic carbocycles. The van der Waals surface area contributed by atoms with Crippen molar-refractivity contribution in [3.8, 4) is 11.5 Å². The van der Waals surface area contributed by atoms with Gasteiger partial charge in [-0.3, -0.25) is 0 Å². The predicted molar refractivity (Wildman–Crippen MR) is 75.1 cm³/mol. The van der Waals surface area contributed by atoms with E-state index in [9.17, 15) is 15.0 Å². The Morgan fingerprint density at radius 2 is 1.78 bits per heavy atom. The molecule has 6 heteroatoms. The third-order valence-electron chi connectivity index (χ3n) is 2.41. The lowest BCUT2D eigenvalue weighted by atomic mass is 10.0. The van der Waals surface area contributed by atoms with Gasteiger partial charge in [-0.2, -0.15) is 0 Å². The molecule has 0 fully saturated rings. The first-order chi connectivity index (χ1) is 8.45. The Kier molecular flexibility index (Phi) is 5.47. The maximum absolute atomic E-state index is 11.9.